The predicted octanol–water partition coefficient (Wildman–Crippen LogP) is 1.79. The molecule has 0 atom stereocenters. The van der Waals surface area contributed by atoms with Crippen LogP contribution in [0.3, 0.4) is 0 Å². The zero-order valence-corrected chi connectivity index (χ0v) is 12.0. The maximum Gasteiger partial charge on any atom is 0.406 e. The van der Waals surface area contributed by atoms with Crippen LogP contribution < -0.4 is 15.0 Å². The predicted molar refractivity (Wildman–Crippen MR) is 76.0 cm³/mol. The zero-order chi connectivity index (χ0) is 15.0. The molecule has 0 spiro atoms. The molecule has 0 fully saturated rings. The average molecular weight is 280 g/mol. The Balaban J connectivity index is 2.80. The van der Waals surface area contributed by atoms with Crippen LogP contribution in [0.4, 0.5) is 10.5 Å². The van der Waals surface area contributed by atoms with Gasteiger partial charge in [-0.1, -0.05) is 12.1 Å². The molecule has 6 heteroatoms. The Morgan fingerprint density at radius 3 is 2.60 bits per heavy atom. The lowest BCUT2D eigenvalue weighted by Gasteiger charge is -2.23. The lowest BCUT2D eigenvalue weighted by molar-refractivity contribution is -0.116. The molecule has 0 aliphatic rings. The highest BCUT2D eigenvalue weighted by Gasteiger charge is 2.15. The molecule has 0 heterocycles. The van der Waals surface area contributed by atoms with E-state index in [-0.39, 0.29) is 5.91 Å². The summed E-state index contributed by atoms with van der Waals surface area (Å²) in [5.41, 5.74) is 0.688. The number of hydrogen-bond donors (Lipinski definition) is 1. The lowest BCUT2D eigenvalue weighted by atomic mass is 10.2. The number of anilines is 1. The van der Waals surface area contributed by atoms with Crippen LogP contribution in [0.15, 0.2) is 24.3 Å². The van der Waals surface area contributed by atoms with Gasteiger partial charge >= 0.3 is 6.09 Å². The molecule has 0 unspecified atom stereocenters. The molecule has 2 amide bonds. The third-order valence-corrected chi connectivity index (χ3v) is 2.63. The van der Waals surface area contributed by atoms with E-state index in [0.29, 0.717) is 31.1 Å². The number of alkyl carbamates (subject to hydrolysis) is 1. The smallest absolute Gasteiger partial charge is 0.406 e. The van der Waals surface area contributed by atoms with Crippen molar-refractivity contribution in [3.8, 4) is 5.75 Å². The van der Waals surface area contributed by atoms with Gasteiger partial charge in [-0.15, -0.1) is 0 Å². The number of methoxy groups -OCH3 is 1. The lowest BCUT2D eigenvalue weighted by Crippen LogP contribution is -2.37. The number of amides is 2. The van der Waals surface area contributed by atoms with Crippen LogP contribution in [0.5, 0.6) is 5.75 Å². The van der Waals surface area contributed by atoms with Gasteiger partial charge in [0, 0.05) is 20.0 Å². The van der Waals surface area contributed by atoms with Gasteiger partial charge in [-0.25, -0.2) is 4.79 Å². The summed E-state index contributed by atoms with van der Waals surface area (Å²) in [6.07, 6.45) is -0.522. The molecule has 20 heavy (non-hydrogen) atoms. The van der Waals surface area contributed by atoms with Gasteiger partial charge in [-0.3, -0.25) is 4.79 Å². The molecule has 0 saturated heterocycles. The molecule has 1 N–H and O–H groups in total. The number of rotatable bonds is 6. The molecule has 0 aliphatic carbocycles. The minimum atomic E-state index is -0.522. The van der Waals surface area contributed by atoms with Gasteiger partial charge in [0.05, 0.1) is 19.4 Å². The van der Waals surface area contributed by atoms with E-state index < -0.39 is 6.09 Å². The summed E-state index contributed by atoms with van der Waals surface area (Å²) in [7, 11) is 1.29. The third kappa shape index (κ3) is 4.46. The van der Waals surface area contributed by atoms with Crippen molar-refractivity contribution in [2.45, 2.75) is 13.8 Å². The molecule has 110 valence electrons. The van der Waals surface area contributed by atoms with Crippen LogP contribution in [-0.2, 0) is 9.53 Å². The summed E-state index contributed by atoms with van der Waals surface area (Å²) in [6, 6.07) is 7.30. The third-order valence-electron chi connectivity index (χ3n) is 2.63. The summed E-state index contributed by atoms with van der Waals surface area (Å²) >= 11 is 0. The highest BCUT2D eigenvalue weighted by Crippen LogP contribution is 2.27. The Bertz CT molecular complexity index is 462. The van der Waals surface area contributed by atoms with Gasteiger partial charge in [0.25, 0.3) is 0 Å². The molecule has 6 nitrogen and oxygen atoms in total. The van der Waals surface area contributed by atoms with E-state index >= 15 is 0 Å². The summed E-state index contributed by atoms with van der Waals surface area (Å²) < 4.78 is 9.99. The van der Waals surface area contributed by atoms with Crippen molar-refractivity contribution < 1.29 is 19.1 Å². The van der Waals surface area contributed by atoms with Gasteiger partial charge in [0.1, 0.15) is 5.75 Å². The van der Waals surface area contributed by atoms with E-state index in [2.05, 4.69) is 10.1 Å². The van der Waals surface area contributed by atoms with Crippen LogP contribution >= 0.6 is 0 Å². The van der Waals surface area contributed by atoms with Gasteiger partial charge in [-0.05, 0) is 19.1 Å². The summed E-state index contributed by atoms with van der Waals surface area (Å²) in [5, 5.41) is 2.54. The first-order valence-electron chi connectivity index (χ1n) is 6.41. The zero-order valence-electron chi connectivity index (χ0n) is 12.0. The average Bonchev–Trinajstić information content (AvgIpc) is 2.44. The second-order valence-electron chi connectivity index (χ2n) is 3.99. The van der Waals surface area contributed by atoms with Crippen molar-refractivity contribution in [2.24, 2.45) is 0 Å². The Kier molecular flexibility index (Phi) is 6.36. The highest BCUT2D eigenvalue weighted by molar-refractivity contribution is 5.93. The topological polar surface area (TPSA) is 67.9 Å². The van der Waals surface area contributed by atoms with E-state index in [9.17, 15) is 9.59 Å². The van der Waals surface area contributed by atoms with E-state index in [0.717, 1.165) is 0 Å². The summed E-state index contributed by atoms with van der Waals surface area (Å²) in [4.78, 5) is 24.3. The number of nitrogens with zero attached hydrogens (tertiary/aromatic N) is 1. The Hall–Kier alpha value is -2.24. The van der Waals surface area contributed by atoms with Gasteiger partial charge in [0.15, 0.2) is 0 Å². The Morgan fingerprint density at radius 2 is 2.00 bits per heavy atom. The summed E-state index contributed by atoms with van der Waals surface area (Å²) in [6.45, 7) is 4.51. The molecule has 1 rings (SSSR count). The van der Waals surface area contributed by atoms with Gasteiger partial charge in [-0.2, -0.15) is 0 Å². The number of carbonyl (C=O) groups excluding carboxylic acids is 2. The maximum absolute atomic E-state index is 11.8. The highest BCUT2D eigenvalue weighted by atomic mass is 16.5. The van der Waals surface area contributed by atoms with Crippen LogP contribution in [0, 0.1) is 0 Å². The number of hydrogen-bond acceptors (Lipinski definition) is 4. The molecule has 0 saturated carbocycles. The molecule has 0 bridgehead atoms. The number of nitrogens with one attached hydrogen (secondary N) is 1. The van der Waals surface area contributed by atoms with E-state index in [1.165, 1.54) is 14.0 Å². The minimum absolute atomic E-state index is 0.121. The van der Waals surface area contributed by atoms with Crippen molar-refractivity contribution in [1.82, 2.24) is 5.32 Å². The molecule has 1 aromatic rings. The number of para-hydroxylation sites is 2. The number of carbonyl (C=O) groups is 2. The van der Waals surface area contributed by atoms with Crippen molar-refractivity contribution in [3.05, 3.63) is 24.3 Å². The van der Waals surface area contributed by atoms with Crippen LogP contribution in [0.2, 0.25) is 0 Å². The fourth-order valence-corrected chi connectivity index (χ4v) is 1.75. The normalized spacial score (nSPS) is 9.75. The van der Waals surface area contributed by atoms with Crippen LogP contribution in [-0.4, -0.2) is 38.8 Å². The molecular weight excluding hydrogens is 260 g/mol. The van der Waals surface area contributed by atoms with Crippen LogP contribution in [0.25, 0.3) is 0 Å². The van der Waals surface area contributed by atoms with Crippen molar-refractivity contribution in [3.63, 3.8) is 0 Å². The Labute approximate surface area is 118 Å². The standard InChI is InChI=1S/C14H20N2O4/c1-4-20-13-8-6-5-7-12(13)16(11(2)17)10-9-15-14(18)19-3/h5-8H,4,9-10H2,1-3H3,(H,15,18). The first kappa shape index (κ1) is 15.8. The monoisotopic (exact) mass is 280 g/mol. The fourth-order valence-electron chi connectivity index (χ4n) is 1.75. The van der Waals surface area contributed by atoms with Crippen molar-refractivity contribution in [1.29, 1.82) is 0 Å². The number of ether oxygens (including phenoxy) is 2. The molecule has 0 radical (unpaired) electrons. The van der Waals surface area contributed by atoms with Crippen LogP contribution in [0.1, 0.15) is 13.8 Å². The van der Waals surface area contributed by atoms with Gasteiger partial charge < -0.3 is 19.7 Å². The number of benzene rings is 1. The van der Waals surface area contributed by atoms with E-state index in [1.54, 1.807) is 4.90 Å². The first-order valence-corrected chi connectivity index (χ1v) is 6.41. The molecule has 0 aromatic heterocycles. The maximum atomic E-state index is 11.8. The second kappa shape index (κ2) is 8.04. The SMILES string of the molecule is CCOc1ccccc1N(CCNC(=O)OC)C(C)=O. The van der Waals surface area contributed by atoms with Crippen molar-refractivity contribution >= 4 is 17.7 Å². The molecule has 1 aromatic carbocycles. The second-order valence-corrected chi connectivity index (χ2v) is 3.99. The van der Waals surface area contributed by atoms with Crippen molar-refractivity contribution in [2.75, 3.05) is 31.7 Å². The molecular formula is C14H20N2O4. The minimum Gasteiger partial charge on any atom is -0.492 e. The van der Waals surface area contributed by atoms with E-state index in [1.807, 2.05) is 31.2 Å². The van der Waals surface area contributed by atoms with Gasteiger partial charge in [0.2, 0.25) is 5.91 Å². The Morgan fingerprint density at radius 1 is 1.30 bits per heavy atom. The van der Waals surface area contributed by atoms with E-state index in [4.69, 9.17) is 4.74 Å². The quantitative estimate of drug-likeness (QED) is 0.862. The summed E-state index contributed by atoms with van der Waals surface area (Å²) in [5.74, 6) is 0.520. The first-order chi connectivity index (χ1) is 9.60. The largest absolute Gasteiger partial charge is 0.492 e. The fraction of sp³-hybridized carbons (Fsp3) is 0.429. The molecule has 0 aliphatic heterocycles.